The number of aromatic hydroxyl groups is 1. The lowest BCUT2D eigenvalue weighted by Crippen LogP contribution is -1.98. The first kappa shape index (κ1) is 17.1. The summed E-state index contributed by atoms with van der Waals surface area (Å²) in [5, 5.41) is 10.5. The summed E-state index contributed by atoms with van der Waals surface area (Å²) in [6.45, 7) is 0.335. The van der Waals surface area contributed by atoms with Gasteiger partial charge in [-0.2, -0.15) is 0 Å². The second kappa shape index (κ2) is 8.40. The van der Waals surface area contributed by atoms with E-state index in [-0.39, 0.29) is 5.75 Å². The lowest BCUT2D eigenvalue weighted by atomic mass is 10.1. The maximum atomic E-state index is 11.2. The number of phenolic OH excluding ortho intramolecular Hbond substituents is 1. The van der Waals surface area contributed by atoms with E-state index in [1.54, 1.807) is 23.9 Å². The molecule has 0 radical (unpaired) electrons. The third-order valence-corrected chi connectivity index (χ3v) is 4.75. The number of hydrogen-bond acceptors (Lipinski definition) is 4. The molecule has 0 atom stereocenters. The van der Waals surface area contributed by atoms with E-state index >= 15 is 0 Å². The molecule has 0 fully saturated rings. The summed E-state index contributed by atoms with van der Waals surface area (Å²) in [5.41, 5.74) is 2.17. The number of carbonyl (C=O) groups excluding carboxylic acids is 1. The van der Waals surface area contributed by atoms with Gasteiger partial charge in [0.05, 0.1) is 0 Å². The van der Waals surface area contributed by atoms with Gasteiger partial charge in [-0.15, -0.1) is 11.8 Å². The standard InChI is InChI=1S/C21H18O3S/c22-13-17-11-18(15-25-19-9-5-2-6-10-19)21(23)20(12-17)24-14-16-7-3-1-4-8-16/h1-13,23H,14-15H2. The lowest BCUT2D eigenvalue weighted by molar-refractivity contribution is 0.112. The van der Waals surface area contributed by atoms with Crippen molar-refractivity contribution in [1.29, 1.82) is 0 Å². The van der Waals surface area contributed by atoms with Crippen LogP contribution in [0.2, 0.25) is 0 Å². The molecular weight excluding hydrogens is 332 g/mol. The van der Waals surface area contributed by atoms with Crippen LogP contribution < -0.4 is 4.74 Å². The lowest BCUT2D eigenvalue weighted by Gasteiger charge is -2.13. The Balaban J connectivity index is 1.77. The van der Waals surface area contributed by atoms with E-state index in [0.717, 1.165) is 16.7 Å². The van der Waals surface area contributed by atoms with Gasteiger partial charge in [0.15, 0.2) is 11.5 Å². The fraction of sp³-hybridized carbons (Fsp3) is 0.0952. The molecule has 0 aromatic heterocycles. The van der Waals surface area contributed by atoms with Crippen LogP contribution in [-0.4, -0.2) is 11.4 Å². The van der Waals surface area contributed by atoms with Crippen molar-refractivity contribution < 1.29 is 14.6 Å². The average molecular weight is 350 g/mol. The molecule has 3 rings (SSSR count). The van der Waals surface area contributed by atoms with Crippen molar-refractivity contribution in [2.24, 2.45) is 0 Å². The van der Waals surface area contributed by atoms with Gasteiger partial charge in [0, 0.05) is 21.8 Å². The van der Waals surface area contributed by atoms with Crippen LogP contribution in [0.3, 0.4) is 0 Å². The van der Waals surface area contributed by atoms with Gasteiger partial charge in [-0.05, 0) is 29.8 Å². The Morgan fingerprint density at radius 3 is 2.32 bits per heavy atom. The second-order valence-electron chi connectivity index (χ2n) is 5.52. The number of thioether (sulfide) groups is 1. The molecule has 0 aliphatic carbocycles. The maximum absolute atomic E-state index is 11.2. The molecule has 4 heteroatoms. The van der Waals surface area contributed by atoms with E-state index in [9.17, 15) is 9.90 Å². The van der Waals surface area contributed by atoms with Crippen LogP contribution >= 0.6 is 11.8 Å². The summed E-state index contributed by atoms with van der Waals surface area (Å²) in [4.78, 5) is 12.3. The van der Waals surface area contributed by atoms with Crippen LogP contribution in [0.4, 0.5) is 0 Å². The molecule has 3 aromatic carbocycles. The highest BCUT2D eigenvalue weighted by Crippen LogP contribution is 2.35. The molecule has 0 unspecified atom stereocenters. The molecular formula is C21H18O3S. The highest BCUT2D eigenvalue weighted by Gasteiger charge is 2.12. The van der Waals surface area contributed by atoms with Crippen LogP contribution in [0.25, 0.3) is 0 Å². The fourth-order valence-electron chi connectivity index (χ4n) is 2.39. The molecule has 126 valence electrons. The maximum Gasteiger partial charge on any atom is 0.162 e. The number of carbonyl (C=O) groups is 1. The van der Waals surface area contributed by atoms with Crippen LogP contribution in [0.5, 0.6) is 11.5 Å². The third kappa shape index (κ3) is 4.64. The number of ether oxygens (including phenoxy) is 1. The molecule has 0 saturated heterocycles. The molecule has 0 bridgehead atoms. The average Bonchev–Trinajstić information content (AvgIpc) is 2.68. The Hall–Kier alpha value is -2.72. The molecule has 0 amide bonds. The van der Waals surface area contributed by atoms with Crippen molar-refractivity contribution in [3.63, 3.8) is 0 Å². The number of aldehydes is 1. The van der Waals surface area contributed by atoms with Crippen molar-refractivity contribution in [3.8, 4) is 11.5 Å². The summed E-state index contributed by atoms with van der Waals surface area (Å²) in [5.74, 6) is 0.973. The summed E-state index contributed by atoms with van der Waals surface area (Å²) in [6, 6.07) is 22.9. The van der Waals surface area contributed by atoms with Crippen molar-refractivity contribution in [1.82, 2.24) is 0 Å². The minimum absolute atomic E-state index is 0.0879. The van der Waals surface area contributed by atoms with E-state index in [1.807, 2.05) is 60.7 Å². The molecule has 0 aliphatic heterocycles. The molecule has 0 saturated carbocycles. The highest BCUT2D eigenvalue weighted by molar-refractivity contribution is 7.98. The zero-order valence-corrected chi connectivity index (χ0v) is 14.4. The highest BCUT2D eigenvalue weighted by atomic mass is 32.2. The molecule has 3 nitrogen and oxygen atoms in total. The molecule has 3 aromatic rings. The number of benzene rings is 3. The van der Waals surface area contributed by atoms with Gasteiger partial charge in [-0.3, -0.25) is 4.79 Å². The zero-order valence-electron chi connectivity index (χ0n) is 13.6. The predicted octanol–water partition coefficient (Wildman–Crippen LogP) is 5.08. The third-order valence-electron chi connectivity index (χ3n) is 3.69. The second-order valence-corrected chi connectivity index (χ2v) is 6.57. The Morgan fingerprint density at radius 2 is 1.64 bits per heavy atom. The Morgan fingerprint density at radius 1 is 0.960 bits per heavy atom. The number of hydrogen-bond donors (Lipinski definition) is 1. The summed E-state index contributed by atoms with van der Waals surface area (Å²) in [7, 11) is 0. The number of rotatable bonds is 7. The van der Waals surface area contributed by atoms with E-state index in [2.05, 4.69) is 0 Å². The Labute approximate surface area is 151 Å². The van der Waals surface area contributed by atoms with Crippen molar-refractivity contribution in [2.45, 2.75) is 17.3 Å². The first-order chi connectivity index (χ1) is 12.3. The van der Waals surface area contributed by atoms with E-state index in [4.69, 9.17) is 4.74 Å². The number of phenols is 1. The minimum Gasteiger partial charge on any atom is -0.504 e. The van der Waals surface area contributed by atoms with Gasteiger partial charge < -0.3 is 9.84 Å². The summed E-state index contributed by atoms with van der Waals surface area (Å²) >= 11 is 1.60. The largest absolute Gasteiger partial charge is 0.504 e. The molecule has 25 heavy (non-hydrogen) atoms. The van der Waals surface area contributed by atoms with Crippen LogP contribution in [0.1, 0.15) is 21.5 Å². The minimum atomic E-state index is 0.0879. The summed E-state index contributed by atoms with van der Waals surface area (Å²) < 4.78 is 5.74. The Bertz CT molecular complexity index is 768. The van der Waals surface area contributed by atoms with Gasteiger partial charge in [0.25, 0.3) is 0 Å². The topological polar surface area (TPSA) is 46.5 Å². The molecule has 1 N–H and O–H groups in total. The summed E-state index contributed by atoms with van der Waals surface area (Å²) in [6.07, 6.45) is 0.769. The quantitative estimate of drug-likeness (QED) is 0.477. The van der Waals surface area contributed by atoms with Gasteiger partial charge >= 0.3 is 0 Å². The predicted molar refractivity (Wildman–Crippen MR) is 100 cm³/mol. The van der Waals surface area contributed by atoms with Crippen molar-refractivity contribution in [3.05, 3.63) is 89.5 Å². The van der Waals surface area contributed by atoms with Gasteiger partial charge in [0.2, 0.25) is 0 Å². The van der Waals surface area contributed by atoms with Gasteiger partial charge in [-0.1, -0.05) is 48.5 Å². The molecule has 0 spiro atoms. The van der Waals surface area contributed by atoms with Crippen molar-refractivity contribution in [2.75, 3.05) is 0 Å². The zero-order chi connectivity index (χ0) is 17.5. The SMILES string of the molecule is O=Cc1cc(CSc2ccccc2)c(O)c(OCc2ccccc2)c1. The fourth-order valence-corrected chi connectivity index (χ4v) is 3.28. The van der Waals surface area contributed by atoms with Gasteiger partial charge in [0.1, 0.15) is 12.9 Å². The van der Waals surface area contributed by atoms with E-state index in [0.29, 0.717) is 29.2 Å². The van der Waals surface area contributed by atoms with E-state index in [1.165, 1.54) is 0 Å². The van der Waals surface area contributed by atoms with Crippen molar-refractivity contribution >= 4 is 18.0 Å². The van der Waals surface area contributed by atoms with Crippen LogP contribution in [0, 0.1) is 0 Å². The Kier molecular flexibility index (Phi) is 5.75. The van der Waals surface area contributed by atoms with Crippen LogP contribution in [0.15, 0.2) is 77.7 Å². The first-order valence-electron chi connectivity index (χ1n) is 7.92. The molecule has 0 heterocycles. The normalized spacial score (nSPS) is 10.4. The first-order valence-corrected chi connectivity index (χ1v) is 8.90. The van der Waals surface area contributed by atoms with E-state index < -0.39 is 0 Å². The van der Waals surface area contributed by atoms with Gasteiger partial charge in [-0.25, -0.2) is 0 Å². The smallest absolute Gasteiger partial charge is 0.162 e. The molecule has 0 aliphatic rings. The monoisotopic (exact) mass is 350 g/mol. The van der Waals surface area contributed by atoms with Crippen LogP contribution in [-0.2, 0) is 12.4 Å².